The standard InChI is InChI=1S/C15H17N3/c1-10-11(2)17-15(9-16-10)18-14-8-13(14)12-6-4-3-5-7-12/h3-7,9,13-14H,8H2,1-2H3,(H,17,18). The van der Waals surface area contributed by atoms with Gasteiger partial charge >= 0.3 is 0 Å². The highest BCUT2D eigenvalue weighted by Gasteiger charge is 2.38. The van der Waals surface area contributed by atoms with Crippen molar-refractivity contribution >= 4 is 5.82 Å². The molecule has 1 saturated carbocycles. The lowest BCUT2D eigenvalue weighted by molar-refractivity contribution is 0.990. The third-order valence-electron chi connectivity index (χ3n) is 3.54. The van der Waals surface area contributed by atoms with Gasteiger partial charge in [0.15, 0.2) is 0 Å². The van der Waals surface area contributed by atoms with Crippen LogP contribution in [0, 0.1) is 13.8 Å². The summed E-state index contributed by atoms with van der Waals surface area (Å²) < 4.78 is 0. The first kappa shape index (κ1) is 11.2. The Kier molecular flexibility index (Phi) is 2.74. The van der Waals surface area contributed by atoms with Gasteiger partial charge in [0.25, 0.3) is 0 Å². The molecule has 3 heteroatoms. The Morgan fingerprint density at radius 1 is 1.11 bits per heavy atom. The molecule has 1 N–H and O–H groups in total. The summed E-state index contributed by atoms with van der Waals surface area (Å²) in [6.07, 6.45) is 3.00. The van der Waals surface area contributed by atoms with Crippen LogP contribution in [0.2, 0.25) is 0 Å². The van der Waals surface area contributed by atoms with E-state index in [1.165, 1.54) is 12.0 Å². The maximum atomic E-state index is 4.51. The maximum absolute atomic E-state index is 4.51. The van der Waals surface area contributed by atoms with E-state index in [0.717, 1.165) is 17.2 Å². The Hall–Kier alpha value is -1.90. The number of anilines is 1. The highest BCUT2D eigenvalue weighted by atomic mass is 15.1. The number of nitrogens with one attached hydrogen (secondary N) is 1. The number of rotatable bonds is 3. The molecule has 18 heavy (non-hydrogen) atoms. The van der Waals surface area contributed by atoms with Crippen LogP contribution in [0.15, 0.2) is 36.5 Å². The summed E-state index contributed by atoms with van der Waals surface area (Å²) in [6.45, 7) is 3.98. The molecule has 3 rings (SSSR count). The summed E-state index contributed by atoms with van der Waals surface area (Å²) in [6, 6.07) is 11.1. The number of benzene rings is 1. The SMILES string of the molecule is Cc1ncc(NC2CC2c2ccccc2)nc1C. The number of nitrogens with zero attached hydrogens (tertiary/aromatic N) is 2. The van der Waals surface area contributed by atoms with Gasteiger partial charge in [0.2, 0.25) is 0 Å². The predicted molar refractivity (Wildman–Crippen MR) is 72.7 cm³/mol. The minimum absolute atomic E-state index is 0.504. The van der Waals surface area contributed by atoms with Crippen LogP contribution in [0.1, 0.15) is 29.3 Å². The summed E-state index contributed by atoms with van der Waals surface area (Å²) in [4.78, 5) is 8.84. The summed E-state index contributed by atoms with van der Waals surface area (Å²) in [7, 11) is 0. The van der Waals surface area contributed by atoms with Gasteiger partial charge in [0.1, 0.15) is 5.82 Å². The van der Waals surface area contributed by atoms with E-state index in [1.54, 1.807) is 0 Å². The second-order valence-corrected chi connectivity index (χ2v) is 4.93. The fourth-order valence-electron chi connectivity index (χ4n) is 2.22. The minimum Gasteiger partial charge on any atom is -0.365 e. The molecule has 92 valence electrons. The average Bonchev–Trinajstić information content (AvgIpc) is 3.14. The molecule has 0 bridgehead atoms. The van der Waals surface area contributed by atoms with Crippen molar-refractivity contribution in [2.24, 2.45) is 0 Å². The Labute approximate surface area is 107 Å². The monoisotopic (exact) mass is 239 g/mol. The van der Waals surface area contributed by atoms with Crippen LogP contribution in [0.25, 0.3) is 0 Å². The van der Waals surface area contributed by atoms with E-state index < -0.39 is 0 Å². The van der Waals surface area contributed by atoms with Gasteiger partial charge in [-0.3, -0.25) is 4.98 Å². The molecule has 1 aromatic heterocycles. The smallest absolute Gasteiger partial charge is 0.145 e. The van der Waals surface area contributed by atoms with Crippen LogP contribution in [0.4, 0.5) is 5.82 Å². The van der Waals surface area contributed by atoms with Gasteiger partial charge in [-0.1, -0.05) is 30.3 Å². The van der Waals surface area contributed by atoms with E-state index in [1.807, 2.05) is 20.0 Å². The summed E-state index contributed by atoms with van der Waals surface area (Å²) in [5.74, 6) is 1.51. The van der Waals surface area contributed by atoms with E-state index in [0.29, 0.717) is 12.0 Å². The molecular formula is C15H17N3. The van der Waals surface area contributed by atoms with Gasteiger partial charge in [-0.15, -0.1) is 0 Å². The number of hydrogen-bond donors (Lipinski definition) is 1. The molecule has 1 heterocycles. The summed E-state index contributed by atoms with van der Waals surface area (Å²) in [5, 5.41) is 3.46. The predicted octanol–water partition coefficient (Wildman–Crippen LogP) is 3.06. The second kappa shape index (κ2) is 4.41. The molecular weight excluding hydrogens is 222 g/mol. The Bertz CT molecular complexity index is 551. The van der Waals surface area contributed by atoms with E-state index >= 15 is 0 Å². The normalized spacial score (nSPS) is 21.7. The molecule has 0 radical (unpaired) electrons. The topological polar surface area (TPSA) is 37.8 Å². The first-order valence-electron chi connectivity index (χ1n) is 6.36. The Morgan fingerprint density at radius 2 is 1.89 bits per heavy atom. The first-order valence-corrected chi connectivity index (χ1v) is 6.36. The van der Waals surface area contributed by atoms with Crippen molar-refractivity contribution in [3.05, 3.63) is 53.5 Å². The van der Waals surface area contributed by atoms with Crippen LogP contribution in [0.5, 0.6) is 0 Å². The highest BCUT2D eigenvalue weighted by Crippen LogP contribution is 2.42. The summed E-state index contributed by atoms with van der Waals surface area (Å²) >= 11 is 0. The van der Waals surface area contributed by atoms with Crippen LogP contribution in [-0.2, 0) is 0 Å². The lowest BCUT2D eigenvalue weighted by Crippen LogP contribution is -2.07. The van der Waals surface area contributed by atoms with Crippen molar-refractivity contribution in [3.8, 4) is 0 Å². The fraction of sp³-hybridized carbons (Fsp3) is 0.333. The Morgan fingerprint density at radius 3 is 2.61 bits per heavy atom. The third-order valence-corrected chi connectivity index (χ3v) is 3.54. The lowest BCUT2D eigenvalue weighted by atomic mass is 10.1. The van der Waals surface area contributed by atoms with Crippen molar-refractivity contribution in [2.45, 2.75) is 32.2 Å². The number of hydrogen-bond acceptors (Lipinski definition) is 3. The molecule has 3 nitrogen and oxygen atoms in total. The van der Waals surface area contributed by atoms with E-state index in [9.17, 15) is 0 Å². The van der Waals surface area contributed by atoms with Crippen LogP contribution in [-0.4, -0.2) is 16.0 Å². The van der Waals surface area contributed by atoms with Crippen molar-refractivity contribution in [1.29, 1.82) is 0 Å². The molecule has 2 unspecified atom stereocenters. The van der Waals surface area contributed by atoms with Crippen molar-refractivity contribution in [2.75, 3.05) is 5.32 Å². The highest BCUT2D eigenvalue weighted by molar-refractivity contribution is 5.41. The summed E-state index contributed by atoms with van der Waals surface area (Å²) in [5.41, 5.74) is 3.40. The molecule has 0 saturated heterocycles. The van der Waals surface area contributed by atoms with Gasteiger partial charge in [-0.2, -0.15) is 0 Å². The van der Waals surface area contributed by atoms with Gasteiger partial charge in [0, 0.05) is 12.0 Å². The van der Waals surface area contributed by atoms with E-state index in [-0.39, 0.29) is 0 Å². The van der Waals surface area contributed by atoms with E-state index in [2.05, 4.69) is 45.6 Å². The van der Waals surface area contributed by atoms with E-state index in [4.69, 9.17) is 0 Å². The quantitative estimate of drug-likeness (QED) is 0.894. The van der Waals surface area contributed by atoms with Gasteiger partial charge in [-0.25, -0.2) is 4.98 Å². The van der Waals surface area contributed by atoms with Crippen molar-refractivity contribution < 1.29 is 0 Å². The molecule has 1 aliphatic carbocycles. The number of aromatic nitrogens is 2. The molecule has 0 aliphatic heterocycles. The molecule has 2 atom stereocenters. The molecule has 2 aromatic rings. The number of aryl methyl sites for hydroxylation is 2. The first-order chi connectivity index (χ1) is 8.74. The Balaban J connectivity index is 1.67. The molecule has 0 spiro atoms. The van der Waals surface area contributed by atoms with Gasteiger partial charge in [0.05, 0.1) is 17.6 Å². The molecule has 1 aromatic carbocycles. The fourth-order valence-corrected chi connectivity index (χ4v) is 2.22. The average molecular weight is 239 g/mol. The van der Waals surface area contributed by atoms with Crippen molar-refractivity contribution in [1.82, 2.24) is 9.97 Å². The van der Waals surface area contributed by atoms with Crippen LogP contribution in [0.3, 0.4) is 0 Å². The molecule has 1 aliphatic rings. The zero-order chi connectivity index (χ0) is 12.5. The van der Waals surface area contributed by atoms with Crippen LogP contribution >= 0.6 is 0 Å². The third kappa shape index (κ3) is 2.21. The molecule has 1 fully saturated rings. The maximum Gasteiger partial charge on any atom is 0.145 e. The van der Waals surface area contributed by atoms with Gasteiger partial charge < -0.3 is 5.32 Å². The van der Waals surface area contributed by atoms with Crippen molar-refractivity contribution in [3.63, 3.8) is 0 Å². The van der Waals surface area contributed by atoms with Crippen LogP contribution < -0.4 is 5.32 Å². The zero-order valence-electron chi connectivity index (χ0n) is 10.7. The second-order valence-electron chi connectivity index (χ2n) is 4.93. The van der Waals surface area contributed by atoms with Gasteiger partial charge in [-0.05, 0) is 25.8 Å². The zero-order valence-corrected chi connectivity index (χ0v) is 10.7. The largest absolute Gasteiger partial charge is 0.365 e. The lowest BCUT2D eigenvalue weighted by Gasteiger charge is -2.06. The minimum atomic E-state index is 0.504. The molecule has 0 amide bonds.